The zero-order valence-electron chi connectivity index (χ0n) is 16.2. The van der Waals surface area contributed by atoms with Gasteiger partial charge in [0.05, 0.1) is 12.2 Å². The van der Waals surface area contributed by atoms with Gasteiger partial charge in [-0.15, -0.1) is 24.8 Å². The highest BCUT2D eigenvalue weighted by atomic mass is 35.5. The second-order valence-corrected chi connectivity index (χ2v) is 7.53. The van der Waals surface area contributed by atoms with Gasteiger partial charge in [0.15, 0.2) is 0 Å². The maximum absolute atomic E-state index is 12.3. The van der Waals surface area contributed by atoms with Gasteiger partial charge in [0, 0.05) is 38.6 Å². The highest BCUT2D eigenvalue weighted by molar-refractivity contribution is 5.85. The van der Waals surface area contributed by atoms with E-state index in [4.69, 9.17) is 4.74 Å². The summed E-state index contributed by atoms with van der Waals surface area (Å²) in [6.07, 6.45) is 4.29. The largest absolute Gasteiger partial charge is 0.373 e. The third-order valence-corrected chi connectivity index (χ3v) is 5.21. The molecule has 3 atom stereocenters. The number of ether oxygens (including phenoxy) is 1. The third kappa shape index (κ3) is 8.00. The lowest BCUT2D eigenvalue weighted by molar-refractivity contribution is -0.136. The molecule has 2 heterocycles. The zero-order valence-corrected chi connectivity index (χ0v) is 17.8. The van der Waals surface area contributed by atoms with Gasteiger partial charge >= 0.3 is 0 Å². The monoisotopic (exact) mass is 397 g/mol. The van der Waals surface area contributed by atoms with Crippen molar-refractivity contribution in [2.45, 2.75) is 52.2 Å². The SMILES string of the molecule is CNCC(C)C(=O)N1CCC(CCN2CC(C)OC(C)C2)CC1.Cl.Cl. The zero-order chi connectivity index (χ0) is 16.8. The molecule has 0 aromatic rings. The first-order valence-corrected chi connectivity index (χ1v) is 9.30. The molecule has 0 spiro atoms. The Labute approximate surface area is 166 Å². The molecule has 2 fully saturated rings. The highest BCUT2D eigenvalue weighted by Gasteiger charge is 2.27. The molecule has 2 saturated heterocycles. The average Bonchev–Trinajstić information content (AvgIpc) is 2.52. The van der Waals surface area contributed by atoms with Gasteiger partial charge in [-0.25, -0.2) is 0 Å². The molecule has 0 aromatic carbocycles. The molecule has 3 unspecified atom stereocenters. The summed E-state index contributed by atoms with van der Waals surface area (Å²) in [7, 11) is 1.91. The Bertz CT molecular complexity index is 369. The van der Waals surface area contributed by atoms with E-state index in [1.807, 2.05) is 14.0 Å². The standard InChI is InChI=1S/C18H35N3O2.2ClH/c1-14(11-19-4)18(22)21-9-6-17(7-10-21)5-8-20-12-15(2)23-16(3)13-20;;/h14-17,19H,5-13H2,1-4H3;2*1H. The van der Waals surface area contributed by atoms with Crippen LogP contribution in [0.4, 0.5) is 0 Å². The van der Waals surface area contributed by atoms with Gasteiger partial charge in [0.2, 0.25) is 5.91 Å². The molecule has 2 aliphatic heterocycles. The number of carbonyl (C=O) groups excluding carboxylic acids is 1. The summed E-state index contributed by atoms with van der Waals surface area (Å²) >= 11 is 0. The fourth-order valence-electron chi connectivity index (χ4n) is 3.98. The molecule has 150 valence electrons. The lowest BCUT2D eigenvalue weighted by Gasteiger charge is -2.37. The van der Waals surface area contributed by atoms with Gasteiger partial charge in [0.25, 0.3) is 0 Å². The summed E-state index contributed by atoms with van der Waals surface area (Å²) in [5.41, 5.74) is 0. The van der Waals surface area contributed by atoms with E-state index in [1.54, 1.807) is 0 Å². The van der Waals surface area contributed by atoms with Crippen molar-refractivity contribution in [1.82, 2.24) is 15.1 Å². The fourth-order valence-corrected chi connectivity index (χ4v) is 3.98. The maximum Gasteiger partial charge on any atom is 0.226 e. The third-order valence-electron chi connectivity index (χ3n) is 5.21. The maximum atomic E-state index is 12.3. The van der Waals surface area contributed by atoms with Crippen LogP contribution in [0.3, 0.4) is 0 Å². The van der Waals surface area contributed by atoms with Crippen molar-refractivity contribution >= 4 is 30.7 Å². The van der Waals surface area contributed by atoms with E-state index in [0.29, 0.717) is 18.1 Å². The van der Waals surface area contributed by atoms with E-state index < -0.39 is 0 Å². The first-order valence-electron chi connectivity index (χ1n) is 9.30. The van der Waals surface area contributed by atoms with Crippen molar-refractivity contribution in [2.24, 2.45) is 11.8 Å². The number of halogens is 2. The van der Waals surface area contributed by atoms with E-state index in [0.717, 1.165) is 51.5 Å². The number of hydrogen-bond donors (Lipinski definition) is 1. The minimum absolute atomic E-state index is 0. The lowest BCUT2D eigenvalue weighted by Crippen LogP contribution is -2.46. The number of hydrogen-bond acceptors (Lipinski definition) is 4. The molecule has 1 N–H and O–H groups in total. The molecule has 0 aromatic heterocycles. The Hall–Kier alpha value is -0.0700. The van der Waals surface area contributed by atoms with Crippen molar-refractivity contribution in [1.29, 1.82) is 0 Å². The Kier molecular flexibility index (Phi) is 12.3. The second kappa shape index (κ2) is 12.3. The molecule has 5 nitrogen and oxygen atoms in total. The van der Waals surface area contributed by atoms with Crippen LogP contribution >= 0.6 is 24.8 Å². The van der Waals surface area contributed by atoms with Crippen LogP contribution in [0.15, 0.2) is 0 Å². The predicted molar refractivity (Wildman–Crippen MR) is 108 cm³/mol. The first-order chi connectivity index (χ1) is 11.0. The molecule has 2 rings (SSSR count). The number of nitrogens with one attached hydrogen (secondary N) is 1. The van der Waals surface area contributed by atoms with Crippen molar-refractivity contribution in [2.75, 3.05) is 46.3 Å². The van der Waals surface area contributed by atoms with Crippen LogP contribution in [-0.4, -0.2) is 74.2 Å². The number of amides is 1. The van der Waals surface area contributed by atoms with Gasteiger partial charge in [-0.05, 0) is 52.6 Å². The van der Waals surface area contributed by atoms with Gasteiger partial charge in [-0.2, -0.15) is 0 Å². The average molecular weight is 398 g/mol. The van der Waals surface area contributed by atoms with Crippen LogP contribution < -0.4 is 5.32 Å². The van der Waals surface area contributed by atoms with E-state index >= 15 is 0 Å². The van der Waals surface area contributed by atoms with Crippen LogP contribution in [0.5, 0.6) is 0 Å². The Morgan fingerprint density at radius 1 is 1.16 bits per heavy atom. The highest BCUT2D eigenvalue weighted by Crippen LogP contribution is 2.23. The molecule has 0 saturated carbocycles. The first kappa shape index (κ1) is 24.9. The summed E-state index contributed by atoms with van der Waals surface area (Å²) in [5.74, 6) is 1.17. The fraction of sp³-hybridized carbons (Fsp3) is 0.944. The van der Waals surface area contributed by atoms with Crippen LogP contribution in [-0.2, 0) is 9.53 Å². The van der Waals surface area contributed by atoms with Gasteiger partial charge in [-0.3, -0.25) is 9.69 Å². The molecule has 0 bridgehead atoms. The van der Waals surface area contributed by atoms with E-state index in [2.05, 4.69) is 29.0 Å². The molecule has 0 aliphatic carbocycles. The van der Waals surface area contributed by atoms with Crippen molar-refractivity contribution < 1.29 is 9.53 Å². The predicted octanol–water partition coefficient (Wildman–Crippen LogP) is 2.42. The minimum atomic E-state index is 0. The van der Waals surface area contributed by atoms with Gasteiger partial charge in [0.1, 0.15) is 0 Å². The number of morpholine rings is 1. The van der Waals surface area contributed by atoms with Crippen LogP contribution in [0.1, 0.15) is 40.0 Å². The molecule has 0 radical (unpaired) electrons. The Morgan fingerprint density at radius 2 is 1.72 bits per heavy atom. The van der Waals surface area contributed by atoms with Crippen LogP contribution in [0.2, 0.25) is 0 Å². The van der Waals surface area contributed by atoms with Crippen molar-refractivity contribution in [3.8, 4) is 0 Å². The normalized spacial score (nSPS) is 26.5. The van der Waals surface area contributed by atoms with Gasteiger partial charge < -0.3 is 15.0 Å². The molecule has 7 heteroatoms. The van der Waals surface area contributed by atoms with E-state index in [9.17, 15) is 4.79 Å². The van der Waals surface area contributed by atoms with Crippen LogP contribution in [0, 0.1) is 11.8 Å². The Morgan fingerprint density at radius 3 is 2.24 bits per heavy atom. The molecular weight excluding hydrogens is 361 g/mol. The van der Waals surface area contributed by atoms with Gasteiger partial charge in [-0.1, -0.05) is 6.92 Å². The summed E-state index contributed by atoms with van der Waals surface area (Å²) < 4.78 is 5.80. The summed E-state index contributed by atoms with van der Waals surface area (Å²) in [6, 6.07) is 0. The van der Waals surface area contributed by atoms with Crippen molar-refractivity contribution in [3.63, 3.8) is 0 Å². The smallest absolute Gasteiger partial charge is 0.226 e. The number of likely N-dealkylation sites (tertiary alicyclic amines) is 1. The van der Waals surface area contributed by atoms with Crippen LogP contribution in [0.25, 0.3) is 0 Å². The molecule has 2 aliphatic rings. The summed E-state index contributed by atoms with van der Waals surface area (Å²) in [5, 5.41) is 3.10. The number of rotatable bonds is 6. The van der Waals surface area contributed by atoms with Crippen molar-refractivity contribution in [3.05, 3.63) is 0 Å². The molecule has 25 heavy (non-hydrogen) atoms. The topological polar surface area (TPSA) is 44.8 Å². The number of piperidine rings is 1. The van der Waals surface area contributed by atoms with E-state index in [-0.39, 0.29) is 30.7 Å². The minimum Gasteiger partial charge on any atom is -0.373 e. The molecular formula is C18H37Cl2N3O2. The quantitative estimate of drug-likeness (QED) is 0.747. The number of carbonyl (C=O) groups is 1. The molecule has 1 amide bonds. The Balaban J connectivity index is 0.00000288. The number of nitrogens with zero attached hydrogens (tertiary/aromatic N) is 2. The van der Waals surface area contributed by atoms with E-state index in [1.165, 1.54) is 13.0 Å². The summed E-state index contributed by atoms with van der Waals surface area (Å²) in [6.45, 7) is 12.3. The summed E-state index contributed by atoms with van der Waals surface area (Å²) in [4.78, 5) is 16.9. The second-order valence-electron chi connectivity index (χ2n) is 7.53. The lowest BCUT2D eigenvalue weighted by atomic mass is 9.92.